The molecule has 19 heavy (non-hydrogen) atoms. The number of anilines is 2. The molecule has 1 aliphatic rings. The molecule has 1 unspecified atom stereocenters. The van der Waals surface area contributed by atoms with E-state index in [0.29, 0.717) is 13.2 Å². The highest BCUT2D eigenvalue weighted by Crippen LogP contribution is 2.19. The molecule has 1 atom stereocenters. The average Bonchev–Trinajstić information content (AvgIpc) is 2.47. The summed E-state index contributed by atoms with van der Waals surface area (Å²) in [5.74, 6) is 2.52. The number of nitriles is 1. The van der Waals surface area contributed by atoms with Gasteiger partial charge in [0.05, 0.1) is 19.2 Å². The van der Waals surface area contributed by atoms with Crippen molar-refractivity contribution in [2.45, 2.75) is 26.4 Å². The van der Waals surface area contributed by atoms with Gasteiger partial charge >= 0.3 is 0 Å². The molecule has 1 N–H and O–H groups in total. The van der Waals surface area contributed by atoms with Gasteiger partial charge in [-0.1, -0.05) is 6.92 Å². The number of morpholine rings is 1. The Morgan fingerprint density at radius 3 is 3.05 bits per heavy atom. The maximum atomic E-state index is 8.95. The van der Waals surface area contributed by atoms with Gasteiger partial charge in [-0.3, -0.25) is 0 Å². The lowest BCUT2D eigenvalue weighted by atomic mass is 10.3. The normalized spacial score (nSPS) is 19.0. The third-order valence-electron chi connectivity index (χ3n) is 2.97. The van der Waals surface area contributed by atoms with E-state index in [1.54, 1.807) is 0 Å². The molecule has 2 heterocycles. The minimum absolute atomic E-state index is 0.378. The van der Waals surface area contributed by atoms with E-state index in [1.807, 2.05) is 19.9 Å². The second-order valence-electron chi connectivity index (χ2n) is 4.35. The van der Waals surface area contributed by atoms with E-state index < -0.39 is 0 Å². The van der Waals surface area contributed by atoms with Crippen molar-refractivity contribution in [1.82, 2.24) is 9.97 Å². The predicted octanol–water partition coefficient (Wildman–Crippen LogP) is 1.20. The Bertz CT molecular complexity index is 471. The van der Waals surface area contributed by atoms with Crippen LogP contribution in [-0.4, -0.2) is 42.3 Å². The van der Waals surface area contributed by atoms with Crippen LogP contribution in [-0.2, 0) is 11.2 Å². The van der Waals surface area contributed by atoms with Crippen molar-refractivity contribution in [2.75, 3.05) is 36.5 Å². The molecular formula is C13H19N5O. The summed E-state index contributed by atoms with van der Waals surface area (Å²) in [4.78, 5) is 11.0. The molecular weight excluding hydrogens is 242 g/mol. The average molecular weight is 261 g/mol. The van der Waals surface area contributed by atoms with E-state index in [0.717, 1.165) is 37.0 Å². The van der Waals surface area contributed by atoms with Gasteiger partial charge in [0.25, 0.3) is 0 Å². The third-order valence-corrected chi connectivity index (χ3v) is 2.97. The van der Waals surface area contributed by atoms with Crippen LogP contribution < -0.4 is 10.2 Å². The molecule has 0 radical (unpaired) electrons. The SMILES string of the molecule is CCNc1cc(N2CCOC(C#N)C2)nc(CC)n1. The maximum Gasteiger partial charge on any atom is 0.161 e. The molecule has 1 aromatic heterocycles. The van der Waals surface area contributed by atoms with Crippen molar-refractivity contribution < 1.29 is 4.74 Å². The molecule has 1 aromatic rings. The fraction of sp³-hybridized carbons (Fsp3) is 0.615. The van der Waals surface area contributed by atoms with E-state index in [4.69, 9.17) is 10.00 Å². The van der Waals surface area contributed by atoms with Crippen LogP contribution in [0.2, 0.25) is 0 Å². The van der Waals surface area contributed by atoms with Crippen molar-refractivity contribution in [3.63, 3.8) is 0 Å². The zero-order chi connectivity index (χ0) is 13.7. The summed E-state index contributed by atoms with van der Waals surface area (Å²) in [6.45, 7) is 6.76. The molecule has 0 bridgehead atoms. The summed E-state index contributed by atoms with van der Waals surface area (Å²) < 4.78 is 5.35. The highest BCUT2D eigenvalue weighted by molar-refractivity contribution is 5.50. The van der Waals surface area contributed by atoms with Gasteiger partial charge < -0.3 is 15.0 Å². The Kier molecular flexibility index (Phi) is 4.53. The van der Waals surface area contributed by atoms with Gasteiger partial charge in [0.2, 0.25) is 0 Å². The Labute approximate surface area is 113 Å². The Balaban J connectivity index is 2.22. The standard InChI is InChI=1S/C13H19N5O/c1-3-11-16-12(15-4-2)7-13(17-11)18-5-6-19-10(8-14)9-18/h7,10H,3-6,9H2,1-2H3,(H,15,16,17). The third kappa shape index (κ3) is 3.32. The Hall–Kier alpha value is -1.87. The van der Waals surface area contributed by atoms with Crippen molar-refractivity contribution in [3.05, 3.63) is 11.9 Å². The highest BCUT2D eigenvalue weighted by Gasteiger charge is 2.21. The summed E-state index contributed by atoms with van der Waals surface area (Å²) in [5, 5.41) is 12.2. The Morgan fingerprint density at radius 2 is 2.37 bits per heavy atom. The molecule has 0 saturated carbocycles. The van der Waals surface area contributed by atoms with Gasteiger partial charge in [-0.15, -0.1) is 0 Å². The van der Waals surface area contributed by atoms with Crippen LogP contribution in [0.1, 0.15) is 19.7 Å². The molecule has 0 aromatic carbocycles. The van der Waals surface area contributed by atoms with Crippen LogP contribution in [0.5, 0.6) is 0 Å². The summed E-state index contributed by atoms with van der Waals surface area (Å²) in [7, 11) is 0. The van der Waals surface area contributed by atoms with E-state index in [1.165, 1.54) is 0 Å². The highest BCUT2D eigenvalue weighted by atomic mass is 16.5. The van der Waals surface area contributed by atoms with E-state index in [-0.39, 0.29) is 6.10 Å². The summed E-state index contributed by atoms with van der Waals surface area (Å²) in [6.07, 6.45) is 0.412. The number of rotatable bonds is 4. The molecule has 0 aliphatic carbocycles. The minimum Gasteiger partial charge on any atom is -0.370 e. The molecule has 1 saturated heterocycles. The second kappa shape index (κ2) is 6.34. The predicted molar refractivity (Wildman–Crippen MR) is 73.1 cm³/mol. The second-order valence-corrected chi connectivity index (χ2v) is 4.35. The largest absolute Gasteiger partial charge is 0.370 e. The van der Waals surface area contributed by atoms with E-state index >= 15 is 0 Å². The smallest absolute Gasteiger partial charge is 0.161 e. The van der Waals surface area contributed by atoms with Crippen molar-refractivity contribution in [1.29, 1.82) is 5.26 Å². The number of aromatic nitrogens is 2. The first-order valence-electron chi connectivity index (χ1n) is 6.64. The molecule has 6 heteroatoms. The molecule has 6 nitrogen and oxygen atoms in total. The van der Waals surface area contributed by atoms with Crippen LogP contribution in [0.3, 0.4) is 0 Å². The lowest BCUT2D eigenvalue weighted by Gasteiger charge is -2.31. The number of nitrogens with one attached hydrogen (secondary N) is 1. The van der Waals surface area contributed by atoms with Crippen LogP contribution in [0.15, 0.2) is 6.07 Å². The molecule has 0 spiro atoms. The quantitative estimate of drug-likeness (QED) is 0.878. The van der Waals surface area contributed by atoms with Gasteiger partial charge in [0.1, 0.15) is 17.5 Å². The van der Waals surface area contributed by atoms with Gasteiger partial charge in [-0.25, -0.2) is 9.97 Å². The lowest BCUT2D eigenvalue weighted by Crippen LogP contribution is -2.42. The zero-order valence-corrected chi connectivity index (χ0v) is 11.4. The topological polar surface area (TPSA) is 74.1 Å². The summed E-state index contributed by atoms with van der Waals surface area (Å²) in [6, 6.07) is 4.08. The van der Waals surface area contributed by atoms with Crippen LogP contribution >= 0.6 is 0 Å². The number of hydrogen-bond donors (Lipinski definition) is 1. The van der Waals surface area contributed by atoms with Crippen LogP contribution in [0.25, 0.3) is 0 Å². The number of ether oxygens (including phenoxy) is 1. The molecule has 1 fully saturated rings. The van der Waals surface area contributed by atoms with Gasteiger partial charge in [0, 0.05) is 25.6 Å². The van der Waals surface area contributed by atoms with Crippen LogP contribution in [0, 0.1) is 11.3 Å². The van der Waals surface area contributed by atoms with Gasteiger partial charge in [-0.05, 0) is 6.92 Å². The fourth-order valence-corrected chi connectivity index (χ4v) is 2.01. The number of aryl methyl sites for hydroxylation is 1. The first-order chi connectivity index (χ1) is 9.26. The van der Waals surface area contributed by atoms with E-state index in [9.17, 15) is 0 Å². The molecule has 1 aliphatic heterocycles. The van der Waals surface area contributed by atoms with E-state index in [2.05, 4.69) is 26.3 Å². The minimum atomic E-state index is -0.378. The zero-order valence-electron chi connectivity index (χ0n) is 11.4. The number of nitrogens with zero attached hydrogens (tertiary/aromatic N) is 4. The monoisotopic (exact) mass is 261 g/mol. The van der Waals surface area contributed by atoms with Crippen molar-refractivity contribution in [2.24, 2.45) is 0 Å². The van der Waals surface area contributed by atoms with Crippen LogP contribution in [0.4, 0.5) is 11.6 Å². The number of hydrogen-bond acceptors (Lipinski definition) is 6. The first-order valence-corrected chi connectivity index (χ1v) is 6.64. The van der Waals surface area contributed by atoms with Gasteiger partial charge in [-0.2, -0.15) is 5.26 Å². The first kappa shape index (κ1) is 13.6. The summed E-state index contributed by atoms with van der Waals surface area (Å²) in [5.41, 5.74) is 0. The van der Waals surface area contributed by atoms with Crippen molar-refractivity contribution in [3.8, 4) is 6.07 Å². The molecule has 0 amide bonds. The van der Waals surface area contributed by atoms with Crippen molar-refractivity contribution >= 4 is 11.6 Å². The molecule has 2 rings (SSSR count). The maximum absolute atomic E-state index is 8.95. The van der Waals surface area contributed by atoms with Gasteiger partial charge in [0.15, 0.2) is 6.10 Å². The Morgan fingerprint density at radius 1 is 1.53 bits per heavy atom. The lowest BCUT2D eigenvalue weighted by molar-refractivity contribution is 0.0761. The summed E-state index contributed by atoms with van der Waals surface area (Å²) >= 11 is 0. The fourth-order valence-electron chi connectivity index (χ4n) is 2.01. The molecule has 102 valence electrons.